The van der Waals surface area contributed by atoms with Crippen LogP contribution in [0.1, 0.15) is 34.8 Å². The van der Waals surface area contributed by atoms with Gasteiger partial charge in [-0.2, -0.15) is 5.10 Å². The first-order valence-corrected chi connectivity index (χ1v) is 8.56. The van der Waals surface area contributed by atoms with E-state index in [2.05, 4.69) is 10.4 Å². The lowest BCUT2D eigenvalue weighted by Crippen LogP contribution is -2.32. The molecule has 1 fully saturated rings. The molecule has 1 aliphatic rings. The first-order chi connectivity index (χ1) is 12.2. The lowest BCUT2D eigenvalue weighted by atomic mass is 10.0. The number of fused-ring (bicyclic) bond motifs is 1. The maximum Gasteiger partial charge on any atom is 0.266 e. The van der Waals surface area contributed by atoms with Gasteiger partial charge in [0.15, 0.2) is 0 Å². The van der Waals surface area contributed by atoms with E-state index in [4.69, 9.17) is 0 Å². The number of benzene rings is 2. The van der Waals surface area contributed by atoms with Crippen molar-refractivity contribution >= 4 is 16.7 Å². The Balaban J connectivity index is 1.45. The van der Waals surface area contributed by atoms with Gasteiger partial charge < -0.3 is 5.32 Å². The van der Waals surface area contributed by atoms with Gasteiger partial charge in [0.2, 0.25) is 0 Å². The monoisotopic (exact) mass is 333 g/mol. The lowest BCUT2D eigenvalue weighted by Gasteiger charge is -2.09. The summed E-state index contributed by atoms with van der Waals surface area (Å²) in [4.78, 5) is 24.4. The van der Waals surface area contributed by atoms with E-state index in [1.54, 1.807) is 6.07 Å². The third-order valence-corrected chi connectivity index (χ3v) is 4.53. The van der Waals surface area contributed by atoms with Crippen LogP contribution < -0.4 is 10.9 Å². The molecule has 3 aromatic rings. The quantitative estimate of drug-likeness (QED) is 0.781. The number of hydrogen-bond acceptors (Lipinski definition) is 3. The van der Waals surface area contributed by atoms with Gasteiger partial charge in [-0.15, -0.1) is 0 Å². The predicted octanol–water partition coefficient (Wildman–Crippen LogP) is 2.70. The van der Waals surface area contributed by atoms with Crippen molar-refractivity contribution in [3.63, 3.8) is 0 Å². The van der Waals surface area contributed by atoms with E-state index in [-0.39, 0.29) is 11.5 Å². The summed E-state index contributed by atoms with van der Waals surface area (Å²) in [5.41, 5.74) is 1.48. The van der Waals surface area contributed by atoms with Gasteiger partial charge in [0.05, 0.1) is 12.2 Å². The minimum absolute atomic E-state index is 0.135. The molecule has 1 aliphatic carbocycles. The molecule has 0 spiro atoms. The highest BCUT2D eigenvalue weighted by Gasteiger charge is 2.25. The third kappa shape index (κ3) is 3.31. The fourth-order valence-electron chi connectivity index (χ4n) is 3.02. The zero-order valence-electron chi connectivity index (χ0n) is 13.8. The molecule has 1 heterocycles. The van der Waals surface area contributed by atoms with Gasteiger partial charge in [-0.25, -0.2) is 4.68 Å². The van der Waals surface area contributed by atoms with Crippen molar-refractivity contribution in [2.24, 2.45) is 0 Å². The summed E-state index contributed by atoms with van der Waals surface area (Å²) in [5, 5.41) is 9.26. The van der Waals surface area contributed by atoms with Gasteiger partial charge >= 0.3 is 0 Å². The van der Waals surface area contributed by atoms with Crippen molar-refractivity contribution in [2.45, 2.75) is 25.3 Å². The van der Waals surface area contributed by atoms with Crippen molar-refractivity contribution < 1.29 is 4.79 Å². The fraction of sp³-hybridized carbons (Fsp3) is 0.250. The smallest absolute Gasteiger partial charge is 0.266 e. The molecule has 0 saturated heterocycles. The summed E-state index contributed by atoms with van der Waals surface area (Å²) >= 11 is 0. The highest BCUT2D eigenvalue weighted by atomic mass is 16.2. The maximum absolute atomic E-state index is 12.5. The van der Waals surface area contributed by atoms with Gasteiger partial charge in [0, 0.05) is 24.1 Å². The van der Waals surface area contributed by atoms with E-state index in [1.807, 2.05) is 48.5 Å². The van der Waals surface area contributed by atoms with Crippen LogP contribution >= 0.6 is 0 Å². The van der Waals surface area contributed by atoms with Crippen LogP contribution in [-0.4, -0.2) is 22.2 Å². The van der Waals surface area contributed by atoms with E-state index in [0.717, 1.165) is 29.3 Å². The summed E-state index contributed by atoms with van der Waals surface area (Å²) in [7, 11) is 0. The second-order valence-corrected chi connectivity index (χ2v) is 6.38. The average molecular weight is 333 g/mol. The molecule has 5 nitrogen and oxygen atoms in total. The Labute approximate surface area is 145 Å². The van der Waals surface area contributed by atoms with Crippen LogP contribution in [0.15, 0.2) is 59.4 Å². The zero-order chi connectivity index (χ0) is 17.2. The Morgan fingerprint density at radius 3 is 2.72 bits per heavy atom. The van der Waals surface area contributed by atoms with E-state index >= 15 is 0 Å². The van der Waals surface area contributed by atoms with Crippen LogP contribution in [0.2, 0.25) is 0 Å². The SMILES string of the molecule is O=C(NCCn1nc(C2CC2)ccc1=O)c1cccc2ccccc12. The van der Waals surface area contributed by atoms with Crippen molar-refractivity contribution in [1.29, 1.82) is 0 Å². The second kappa shape index (κ2) is 6.51. The number of hydrogen-bond donors (Lipinski definition) is 1. The van der Waals surface area contributed by atoms with E-state index in [0.29, 0.717) is 24.6 Å². The topological polar surface area (TPSA) is 64.0 Å². The Kier molecular flexibility index (Phi) is 4.06. The maximum atomic E-state index is 12.5. The normalized spacial score (nSPS) is 13.8. The van der Waals surface area contributed by atoms with Crippen LogP contribution in [0, 0.1) is 0 Å². The fourth-order valence-corrected chi connectivity index (χ4v) is 3.02. The average Bonchev–Trinajstić information content (AvgIpc) is 3.48. The second-order valence-electron chi connectivity index (χ2n) is 6.38. The first kappa shape index (κ1) is 15.6. The molecular weight excluding hydrogens is 314 g/mol. The van der Waals surface area contributed by atoms with Gasteiger partial charge in [0.1, 0.15) is 0 Å². The molecule has 0 aliphatic heterocycles. The van der Waals surface area contributed by atoms with E-state index in [9.17, 15) is 9.59 Å². The lowest BCUT2D eigenvalue weighted by molar-refractivity contribution is 0.0953. The van der Waals surface area contributed by atoms with Crippen molar-refractivity contribution in [1.82, 2.24) is 15.1 Å². The molecule has 1 amide bonds. The molecule has 25 heavy (non-hydrogen) atoms. The number of aromatic nitrogens is 2. The molecule has 0 bridgehead atoms. The number of nitrogens with one attached hydrogen (secondary N) is 1. The molecule has 1 saturated carbocycles. The number of carbonyl (C=O) groups excluding carboxylic acids is 1. The Morgan fingerprint density at radius 1 is 1.08 bits per heavy atom. The summed E-state index contributed by atoms with van der Waals surface area (Å²) < 4.78 is 1.44. The van der Waals surface area contributed by atoms with Crippen LogP contribution in [0.25, 0.3) is 10.8 Å². The van der Waals surface area contributed by atoms with Crippen molar-refractivity contribution in [3.8, 4) is 0 Å². The Morgan fingerprint density at radius 2 is 1.88 bits per heavy atom. The minimum Gasteiger partial charge on any atom is -0.350 e. The van der Waals surface area contributed by atoms with Crippen LogP contribution in [0.3, 0.4) is 0 Å². The molecule has 4 rings (SSSR count). The number of amides is 1. The number of carbonyl (C=O) groups is 1. The molecule has 1 aromatic heterocycles. The number of nitrogens with zero attached hydrogens (tertiary/aromatic N) is 2. The van der Waals surface area contributed by atoms with Crippen LogP contribution in [0.4, 0.5) is 0 Å². The van der Waals surface area contributed by atoms with E-state index in [1.165, 1.54) is 4.68 Å². The van der Waals surface area contributed by atoms with Crippen LogP contribution in [-0.2, 0) is 6.54 Å². The molecule has 126 valence electrons. The largest absolute Gasteiger partial charge is 0.350 e. The van der Waals surface area contributed by atoms with Gasteiger partial charge in [0.25, 0.3) is 11.5 Å². The van der Waals surface area contributed by atoms with Gasteiger partial charge in [-0.1, -0.05) is 36.4 Å². The Bertz CT molecular complexity index is 984. The molecule has 5 heteroatoms. The Hall–Kier alpha value is -2.95. The van der Waals surface area contributed by atoms with Crippen molar-refractivity contribution in [2.75, 3.05) is 6.54 Å². The highest BCUT2D eigenvalue weighted by molar-refractivity contribution is 6.06. The molecule has 0 radical (unpaired) electrons. The summed E-state index contributed by atoms with van der Waals surface area (Å²) in [6.45, 7) is 0.735. The third-order valence-electron chi connectivity index (χ3n) is 4.53. The standard InChI is InChI=1S/C20H19N3O2/c24-19-11-10-18(15-8-9-15)22-23(19)13-12-21-20(25)17-7-3-5-14-4-1-2-6-16(14)17/h1-7,10-11,15H,8-9,12-13H2,(H,21,25). The molecule has 1 N–H and O–H groups in total. The highest BCUT2D eigenvalue weighted by Crippen LogP contribution is 2.38. The predicted molar refractivity (Wildman–Crippen MR) is 96.8 cm³/mol. The first-order valence-electron chi connectivity index (χ1n) is 8.56. The van der Waals surface area contributed by atoms with E-state index < -0.39 is 0 Å². The van der Waals surface area contributed by atoms with Gasteiger partial charge in [-0.3, -0.25) is 9.59 Å². The summed E-state index contributed by atoms with van der Waals surface area (Å²) in [5.74, 6) is 0.361. The van der Waals surface area contributed by atoms with Crippen molar-refractivity contribution in [3.05, 3.63) is 76.2 Å². The molecule has 0 atom stereocenters. The summed E-state index contributed by atoms with van der Waals surface area (Å²) in [6.07, 6.45) is 2.28. The van der Waals surface area contributed by atoms with Gasteiger partial charge in [-0.05, 0) is 35.7 Å². The number of rotatable bonds is 5. The van der Waals surface area contributed by atoms with Crippen LogP contribution in [0.5, 0.6) is 0 Å². The molecule has 2 aromatic carbocycles. The molecule has 0 unspecified atom stereocenters. The molecular formula is C20H19N3O2. The minimum atomic E-state index is -0.136. The zero-order valence-corrected chi connectivity index (χ0v) is 13.8. The summed E-state index contributed by atoms with van der Waals surface area (Å²) in [6, 6.07) is 16.9.